The summed E-state index contributed by atoms with van der Waals surface area (Å²) in [6.07, 6.45) is 2.69. The Morgan fingerprint density at radius 3 is 2.71 bits per heavy atom. The lowest BCUT2D eigenvalue weighted by atomic mass is 10.5. The highest BCUT2D eigenvalue weighted by Crippen LogP contribution is 2.04. The van der Waals surface area contributed by atoms with Crippen LogP contribution in [0.5, 0.6) is 0 Å². The van der Waals surface area contributed by atoms with Gasteiger partial charge in [-0.1, -0.05) is 0 Å². The summed E-state index contributed by atoms with van der Waals surface area (Å²) in [7, 11) is -3.36. The van der Waals surface area contributed by atoms with Crippen molar-refractivity contribution < 1.29 is 8.42 Å². The fourth-order valence-corrected chi connectivity index (χ4v) is 1.49. The normalized spacial score (nSPS) is 12.1. The van der Waals surface area contributed by atoms with Crippen LogP contribution in [0.15, 0.2) is 17.4 Å². The SMILES string of the molecule is Cc1ccn2nc(S(C)(=O)=O)nc2n1. The lowest BCUT2D eigenvalue weighted by molar-refractivity contribution is 0.593. The number of hydrogen-bond donors (Lipinski definition) is 0. The van der Waals surface area contributed by atoms with E-state index in [0.29, 0.717) is 5.78 Å². The van der Waals surface area contributed by atoms with Crippen molar-refractivity contribution >= 4 is 15.6 Å². The summed E-state index contributed by atoms with van der Waals surface area (Å²) in [6.45, 7) is 1.80. The monoisotopic (exact) mass is 212 g/mol. The predicted molar refractivity (Wildman–Crippen MR) is 48.6 cm³/mol. The first kappa shape index (κ1) is 9.07. The first-order valence-electron chi connectivity index (χ1n) is 3.87. The minimum Gasteiger partial charge on any atom is -0.221 e. The maximum atomic E-state index is 11.1. The van der Waals surface area contributed by atoms with Gasteiger partial charge in [-0.3, -0.25) is 0 Å². The second kappa shape index (κ2) is 2.74. The highest BCUT2D eigenvalue weighted by Gasteiger charge is 2.14. The zero-order valence-electron chi connectivity index (χ0n) is 7.67. The average Bonchev–Trinajstić information content (AvgIpc) is 2.45. The van der Waals surface area contributed by atoms with Gasteiger partial charge in [0.2, 0.25) is 9.84 Å². The number of nitrogens with zero attached hydrogens (tertiary/aromatic N) is 4. The van der Waals surface area contributed by atoms with E-state index in [9.17, 15) is 8.42 Å². The van der Waals surface area contributed by atoms with Crippen LogP contribution in [0.3, 0.4) is 0 Å². The summed E-state index contributed by atoms with van der Waals surface area (Å²) in [6, 6.07) is 1.73. The van der Waals surface area contributed by atoms with Gasteiger partial charge in [-0.15, -0.1) is 5.10 Å². The van der Waals surface area contributed by atoms with Gasteiger partial charge in [-0.05, 0) is 13.0 Å². The van der Waals surface area contributed by atoms with E-state index >= 15 is 0 Å². The Hall–Kier alpha value is -1.50. The van der Waals surface area contributed by atoms with Crippen molar-refractivity contribution in [2.75, 3.05) is 6.26 Å². The maximum Gasteiger partial charge on any atom is 0.268 e. The summed E-state index contributed by atoms with van der Waals surface area (Å²) in [5.74, 6) is 0.297. The van der Waals surface area contributed by atoms with Gasteiger partial charge in [0.15, 0.2) is 0 Å². The molecule has 0 unspecified atom stereocenters. The third kappa shape index (κ3) is 1.46. The second-order valence-electron chi connectivity index (χ2n) is 2.98. The topological polar surface area (TPSA) is 77.2 Å². The quantitative estimate of drug-likeness (QED) is 0.656. The average molecular weight is 212 g/mol. The van der Waals surface area contributed by atoms with Gasteiger partial charge in [0, 0.05) is 18.1 Å². The highest BCUT2D eigenvalue weighted by atomic mass is 32.2. The van der Waals surface area contributed by atoms with Crippen LogP contribution in [0.1, 0.15) is 5.69 Å². The highest BCUT2D eigenvalue weighted by molar-refractivity contribution is 7.90. The molecule has 0 aliphatic heterocycles. The minimum absolute atomic E-state index is 0.199. The van der Waals surface area contributed by atoms with Crippen LogP contribution in [0, 0.1) is 6.92 Å². The van der Waals surface area contributed by atoms with E-state index in [-0.39, 0.29) is 5.16 Å². The molecule has 2 aromatic rings. The molecule has 0 aliphatic rings. The van der Waals surface area contributed by atoms with Gasteiger partial charge in [-0.2, -0.15) is 4.98 Å². The lowest BCUT2D eigenvalue weighted by Crippen LogP contribution is -1.99. The summed E-state index contributed by atoms with van der Waals surface area (Å²) in [4.78, 5) is 7.83. The fraction of sp³-hybridized carbons (Fsp3) is 0.286. The van der Waals surface area contributed by atoms with E-state index < -0.39 is 9.84 Å². The second-order valence-corrected chi connectivity index (χ2v) is 4.89. The molecule has 0 amide bonds. The van der Waals surface area contributed by atoms with E-state index in [1.807, 2.05) is 0 Å². The smallest absolute Gasteiger partial charge is 0.221 e. The number of aromatic nitrogens is 4. The molecule has 0 saturated carbocycles. The Balaban J connectivity index is 2.75. The Morgan fingerprint density at radius 1 is 1.36 bits per heavy atom. The molecule has 0 aliphatic carbocycles. The molecule has 0 spiro atoms. The van der Waals surface area contributed by atoms with Crippen molar-refractivity contribution in [2.45, 2.75) is 12.1 Å². The zero-order valence-corrected chi connectivity index (χ0v) is 8.48. The Morgan fingerprint density at radius 2 is 2.07 bits per heavy atom. The molecule has 0 saturated heterocycles. The molecule has 0 atom stereocenters. The van der Waals surface area contributed by atoms with Gasteiger partial charge in [0.25, 0.3) is 10.9 Å². The zero-order chi connectivity index (χ0) is 10.3. The van der Waals surface area contributed by atoms with Crippen molar-refractivity contribution in [3.8, 4) is 0 Å². The summed E-state index contributed by atoms with van der Waals surface area (Å²) < 4.78 is 23.6. The number of hydrogen-bond acceptors (Lipinski definition) is 5. The molecule has 2 aromatic heterocycles. The third-order valence-corrected chi connectivity index (χ3v) is 2.50. The van der Waals surface area contributed by atoms with Crippen LogP contribution < -0.4 is 0 Å². The Labute approximate surface area is 80.5 Å². The largest absolute Gasteiger partial charge is 0.268 e. The predicted octanol–water partition coefficient (Wildman–Crippen LogP) is -0.164. The maximum absolute atomic E-state index is 11.1. The molecule has 7 heteroatoms. The number of aryl methyl sites for hydroxylation is 1. The first-order chi connectivity index (χ1) is 6.47. The lowest BCUT2D eigenvalue weighted by Gasteiger charge is -1.89. The van der Waals surface area contributed by atoms with E-state index in [0.717, 1.165) is 11.9 Å². The Kier molecular flexibility index (Phi) is 1.78. The van der Waals surface area contributed by atoms with Crippen molar-refractivity contribution in [1.82, 2.24) is 19.6 Å². The Bertz CT molecular complexity index is 587. The molecule has 0 N–H and O–H groups in total. The van der Waals surface area contributed by atoms with Crippen LogP contribution in [0.2, 0.25) is 0 Å². The first-order valence-corrected chi connectivity index (χ1v) is 5.76. The van der Waals surface area contributed by atoms with Crippen molar-refractivity contribution in [3.63, 3.8) is 0 Å². The van der Waals surface area contributed by atoms with Crippen molar-refractivity contribution in [1.29, 1.82) is 0 Å². The molecule has 74 valence electrons. The standard InChI is InChI=1S/C7H8N4O2S/c1-5-3-4-11-6(8-5)9-7(10-11)14(2,12)13/h3-4H,1-2H3. The van der Waals surface area contributed by atoms with Gasteiger partial charge in [0.1, 0.15) is 0 Å². The molecule has 2 rings (SSSR count). The van der Waals surface area contributed by atoms with Gasteiger partial charge >= 0.3 is 0 Å². The van der Waals surface area contributed by atoms with E-state index in [2.05, 4.69) is 15.1 Å². The van der Waals surface area contributed by atoms with Gasteiger partial charge in [-0.25, -0.2) is 17.9 Å². The van der Waals surface area contributed by atoms with Crippen LogP contribution in [0.4, 0.5) is 0 Å². The summed E-state index contributed by atoms with van der Waals surface area (Å²) in [5.41, 5.74) is 0.768. The van der Waals surface area contributed by atoms with Gasteiger partial charge in [0.05, 0.1) is 0 Å². The van der Waals surface area contributed by atoms with Crippen LogP contribution >= 0.6 is 0 Å². The molecule has 6 nitrogen and oxygen atoms in total. The van der Waals surface area contributed by atoms with Crippen LogP contribution in [-0.2, 0) is 9.84 Å². The molecule has 0 bridgehead atoms. The molecular formula is C7H8N4O2S. The molecule has 2 heterocycles. The molecule has 0 fully saturated rings. The summed E-state index contributed by atoms with van der Waals surface area (Å²) in [5, 5.41) is 3.58. The van der Waals surface area contributed by atoms with Crippen LogP contribution in [0.25, 0.3) is 5.78 Å². The fourth-order valence-electron chi connectivity index (χ4n) is 1.00. The van der Waals surface area contributed by atoms with Crippen molar-refractivity contribution in [3.05, 3.63) is 18.0 Å². The van der Waals surface area contributed by atoms with E-state index in [4.69, 9.17) is 0 Å². The molecule has 14 heavy (non-hydrogen) atoms. The third-order valence-electron chi connectivity index (χ3n) is 1.66. The van der Waals surface area contributed by atoms with E-state index in [1.54, 1.807) is 19.2 Å². The number of fused-ring (bicyclic) bond motifs is 1. The molecular weight excluding hydrogens is 204 g/mol. The summed E-state index contributed by atoms with van der Waals surface area (Å²) >= 11 is 0. The van der Waals surface area contributed by atoms with Gasteiger partial charge < -0.3 is 0 Å². The minimum atomic E-state index is -3.36. The van der Waals surface area contributed by atoms with Crippen molar-refractivity contribution in [2.24, 2.45) is 0 Å². The molecule has 0 aromatic carbocycles. The van der Waals surface area contributed by atoms with Crippen LogP contribution in [-0.4, -0.2) is 34.3 Å². The number of rotatable bonds is 1. The van der Waals surface area contributed by atoms with E-state index in [1.165, 1.54) is 4.52 Å². The molecule has 0 radical (unpaired) electrons. The number of sulfone groups is 1.